The minimum atomic E-state index is 0.625. The van der Waals surface area contributed by atoms with Crippen molar-refractivity contribution in [2.24, 2.45) is 0 Å². The quantitative estimate of drug-likeness (QED) is 0.876. The smallest absolute Gasteiger partial charge is 0.240 e. The third-order valence-electron chi connectivity index (χ3n) is 3.23. The molecule has 0 saturated heterocycles. The molecule has 0 aliphatic heterocycles. The summed E-state index contributed by atoms with van der Waals surface area (Å²) in [6.45, 7) is 3.31. The summed E-state index contributed by atoms with van der Waals surface area (Å²) in [7, 11) is 0. The van der Waals surface area contributed by atoms with Gasteiger partial charge in [0, 0.05) is 6.54 Å². The molecule has 2 aromatic rings. The molecule has 1 aromatic heterocycles. The van der Waals surface area contributed by atoms with Gasteiger partial charge in [0.1, 0.15) is 0 Å². The van der Waals surface area contributed by atoms with Gasteiger partial charge >= 0.3 is 0 Å². The van der Waals surface area contributed by atoms with E-state index in [4.69, 9.17) is 4.52 Å². The van der Waals surface area contributed by atoms with Crippen LogP contribution >= 0.6 is 0 Å². The molecule has 18 heavy (non-hydrogen) atoms. The van der Waals surface area contributed by atoms with Gasteiger partial charge in [0.15, 0.2) is 5.82 Å². The van der Waals surface area contributed by atoms with Crippen LogP contribution in [0.1, 0.15) is 41.6 Å². The Balaban J connectivity index is 1.59. The van der Waals surface area contributed by atoms with Gasteiger partial charge in [0.05, 0.1) is 6.54 Å². The minimum Gasteiger partial charge on any atom is -0.338 e. The fraction of sp³-hybridized carbons (Fsp3) is 0.429. The van der Waals surface area contributed by atoms with Crippen molar-refractivity contribution in [2.75, 3.05) is 0 Å². The Kier molecular flexibility index (Phi) is 3.11. The number of nitrogens with one attached hydrogen (secondary N) is 1. The SMILES string of the molecule is Cc1noc(CNCc2ccccc2C2CC2)n1. The number of hydrogen-bond acceptors (Lipinski definition) is 4. The lowest BCUT2D eigenvalue weighted by Gasteiger charge is -2.08. The average molecular weight is 243 g/mol. The minimum absolute atomic E-state index is 0.625. The van der Waals surface area contributed by atoms with E-state index >= 15 is 0 Å². The molecule has 1 N–H and O–H groups in total. The van der Waals surface area contributed by atoms with Crippen LogP contribution in [0.4, 0.5) is 0 Å². The number of aromatic nitrogens is 2. The molecule has 0 amide bonds. The lowest BCUT2D eigenvalue weighted by atomic mass is 10.0. The molecule has 0 unspecified atom stereocenters. The van der Waals surface area contributed by atoms with E-state index in [0.29, 0.717) is 18.3 Å². The van der Waals surface area contributed by atoms with Gasteiger partial charge in [-0.1, -0.05) is 29.4 Å². The number of rotatable bonds is 5. The third kappa shape index (κ3) is 2.59. The predicted octanol–water partition coefficient (Wildman–Crippen LogP) is 2.55. The summed E-state index contributed by atoms with van der Waals surface area (Å²) in [4.78, 5) is 4.17. The zero-order valence-electron chi connectivity index (χ0n) is 10.5. The molecule has 94 valence electrons. The van der Waals surface area contributed by atoms with E-state index in [1.807, 2.05) is 6.92 Å². The Morgan fingerprint density at radius 3 is 2.83 bits per heavy atom. The summed E-state index contributed by atoms with van der Waals surface area (Å²) in [6, 6.07) is 8.66. The van der Waals surface area contributed by atoms with Crippen molar-refractivity contribution in [2.45, 2.75) is 38.8 Å². The Bertz CT molecular complexity index is 531. The molecule has 1 aromatic carbocycles. The van der Waals surface area contributed by atoms with Crippen molar-refractivity contribution in [3.05, 3.63) is 47.1 Å². The van der Waals surface area contributed by atoms with Gasteiger partial charge in [0.2, 0.25) is 5.89 Å². The van der Waals surface area contributed by atoms with E-state index in [9.17, 15) is 0 Å². The Labute approximate surface area is 106 Å². The molecule has 4 heteroatoms. The van der Waals surface area contributed by atoms with Crippen molar-refractivity contribution in [1.82, 2.24) is 15.5 Å². The van der Waals surface area contributed by atoms with Crippen LogP contribution in [-0.2, 0) is 13.1 Å². The number of benzene rings is 1. The van der Waals surface area contributed by atoms with Crippen LogP contribution in [0, 0.1) is 6.92 Å². The summed E-state index contributed by atoms with van der Waals surface area (Å²) >= 11 is 0. The number of aryl methyl sites for hydroxylation is 1. The van der Waals surface area contributed by atoms with Crippen molar-refractivity contribution < 1.29 is 4.52 Å². The van der Waals surface area contributed by atoms with Gasteiger partial charge in [-0.15, -0.1) is 0 Å². The second kappa shape index (κ2) is 4.90. The molecule has 1 fully saturated rings. The van der Waals surface area contributed by atoms with E-state index < -0.39 is 0 Å². The molecule has 3 rings (SSSR count). The molecule has 1 saturated carbocycles. The highest BCUT2D eigenvalue weighted by atomic mass is 16.5. The van der Waals surface area contributed by atoms with Crippen LogP contribution in [0.3, 0.4) is 0 Å². The van der Waals surface area contributed by atoms with E-state index in [1.165, 1.54) is 24.0 Å². The van der Waals surface area contributed by atoms with Gasteiger partial charge in [0.25, 0.3) is 0 Å². The van der Waals surface area contributed by atoms with Crippen LogP contribution < -0.4 is 5.32 Å². The maximum Gasteiger partial charge on any atom is 0.240 e. The maximum atomic E-state index is 5.07. The summed E-state index contributed by atoms with van der Waals surface area (Å²) in [5.41, 5.74) is 2.88. The van der Waals surface area contributed by atoms with Gasteiger partial charge in [-0.25, -0.2) is 0 Å². The maximum absolute atomic E-state index is 5.07. The summed E-state index contributed by atoms with van der Waals surface area (Å²) < 4.78 is 5.07. The van der Waals surface area contributed by atoms with E-state index in [1.54, 1.807) is 0 Å². The highest BCUT2D eigenvalue weighted by Gasteiger charge is 2.25. The molecule has 4 nitrogen and oxygen atoms in total. The molecule has 0 bridgehead atoms. The van der Waals surface area contributed by atoms with Gasteiger partial charge in [-0.2, -0.15) is 4.98 Å². The molecular formula is C14H17N3O. The Morgan fingerprint density at radius 1 is 1.28 bits per heavy atom. The molecule has 1 heterocycles. The first-order valence-corrected chi connectivity index (χ1v) is 6.40. The average Bonchev–Trinajstić information content (AvgIpc) is 3.14. The molecule has 1 aliphatic rings. The first-order valence-electron chi connectivity index (χ1n) is 6.40. The second-order valence-electron chi connectivity index (χ2n) is 4.81. The topological polar surface area (TPSA) is 51.0 Å². The summed E-state index contributed by atoms with van der Waals surface area (Å²) in [5, 5.41) is 7.13. The molecule has 0 radical (unpaired) electrons. The van der Waals surface area contributed by atoms with Gasteiger partial charge in [-0.3, -0.25) is 0 Å². The Morgan fingerprint density at radius 2 is 2.11 bits per heavy atom. The van der Waals surface area contributed by atoms with Crippen molar-refractivity contribution in [3.8, 4) is 0 Å². The first kappa shape index (κ1) is 11.4. The van der Waals surface area contributed by atoms with Crippen LogP contribution in [0.5, 0.6) is 0 Å². The highest BCUT2D eigenvalue weighted by Crippen LogP contribution is 2.41. The van der Waals surface area contributed by atoms with Crippen LogP contribution in [0.15, 0.2) is 28.8 Å². The highest BCUT2D eigenvalue weighted by molar-refractivity contribution is 5.33. The van der Waals surface area contributed by atoms with E-state index in [-0.39, 0.29) is 0 Å². The molecular weight excluding hydrogens is 226 g/mol. The Hall–Kier alpha value is -1.68. The lowest BCUT2D eigenvalue weighted by molar-refractivity contribution is 0.364. The number of hydrogen-bond donors (Lipinski definition) is 1. The fourth-order valence-corrected chi connectivity index (χ4v) is 2.20. The third-order valence-corrected chi connectivity index (χ3v) is 3.23. The van der Waals surface area contributed by atoms with Crippen LogP contribution in [0.2, 0.25) is 0 Å². The lowest BCUT2D eigenvalue weighted by Crippen LogP contribution is -2.14. The van der Waals surface area contributed by atoms with Crippen LogP contribution in [-0.4, -0.2) is 10.1 Å². The van der Waals surface area contributed by atoms with E-state index in [2.05, 4.69) is 39.7 Å². The fourth-order valence-electron chi connectivity index (χ4n) is 2.20. The first-order chi connectivity index (χ1) is 8.83. The second-order valence-corrected chi connectivity index (χ2v) is 4.81. The summed E-state index contributed by atoms with van der Waals surface area (Å²) in [6.07, 6.45) is 2.67. The normalized spacial score (nSPS) is 14.9. The standard InChI is InChI=1S/C14H17N3O/c1-10-16-14(18-17-10)9-15-8-12-4-2-3-5-13(12)11-6-7-11/h2-5,11,15H,6-9H2,1H3. The van der Waals surface area contributed by atoms with Crippen molar-refractivity contribution in [1.29, 1.82) is 0 Å². The van der Waals surface area contributed by atoms with Gasteiger partial charge in [-0.05, 0) is 36.8 Å². The van der Waals surface area contributed by atoms with E-state index in [0.717, 1.165) is 12.5 Å². The zero-order valence-corrected chi connectivity index (χ0v) is 10.5. The van der Waals surface area contributed by atoms with Gasteiger partial charge < -0.3 is 9.84 Å². The number of nitrogens with zero attached hydrogens (tertiary/aromatic N) is 2. The molecule has 1 aliphatic carbocycles. The molecule has 0 atom stereocenters. The largest absolute Gasteiger partial charge is 0.338 e. The predicted molar refractivity (Wildman–Crippen MR) is 68.0 cm³/mol. The van der Waals surface area contributed by atoms with Crippen LogP contribution in [0.25, 0.3) is 0 Å². The molecule has 0 spiro atoms. The summed E-state index contributed by atoms with van der Waals surface area (Å²) in [5.74, 6) is 2.12. The zero-order chi connectivity index (χ0) is 12.4. The monoisotopic (exact) mass is 243 g/mol. The van der Waals surface area contributed by atoms with Crippen molar-refractivity contribution >= 4 is 0 Å². The van der Waals surface area contributed by atoms with Crippen molar-refractivity contribution in [3.63, 3.8) is 0 Å².